The Labute approximate surface area is 119 Å². The Morgan fingerprint density at radius 3 is 2.32 bits per heavy atom. The molecule has 1 rings (SSSR count). The molecule has 1 nitrogen and oxygen atoms in total. The van der Waals surface area contributed by atoms with E-state index in [1.807, 2.05) is 6.07 Å². The smallest absolute Gasteiger partial charge is 0.113 e. The Morgan fingerprint density at radius 2 is 1.79 bits per heavy atom. The zero-order chi connectivity index (χ0) is 14.5. The third-order valence-corrected chi connectivity index (χ3v) is 7.84. The molecule has 0 radical (unpaired) electrons. The first-order chi connectivity index (χ1) is 8.85. The molecule has 0 aromatic heterocycles. The number of aliphatic hydroxyl groups excluding tert-OH is 1. The van der Waals surface area contributed by atoms with Crippen LogP contribution in [0.2, 0.25) is 13.1 Å². The van der Waals surface area contributed by atoms with Gasteiger partial charge >= 0.3 is 0 Å². The zero-order valence-electron chi connectivity index (χ0n) is 13.0. The minimum absolute atomic E-state index is 0.180. The maximum Gasteiger partial charge on any atom is 0.113 e. The van der Waals surface area contributed by atoms with Crippen LogP contribution in [0.25, 0.3) is 0 Å². The van der Waals surface area contributed by atoms with Gasteiger partial charge in [-0.05, 0) is 32.6 Å². The minimum Gasteiger partial charge on any atom is -0.396 e. The molecule has 0 aliphatic heterocycles. The fourth-order valence-corrected chi connectivity index (χ4v) is 5.52. The summed E-state index contributed by atoms with van der Waals surface area (Å²) in [4.78, 5) is 0. The van der Waals surface area contributed by atoms with Crippen molar-refractivity contribution in [3.63, 3.8) is 0 Å². The quantitative estimate of drug-likeness (QED) is 0.617. The Bertz CT molecular complexity index is 405. The van der Waals surface area contributed by atoms with Crippen molar-refractivity contribution in [1.82, 2.24) is 0 Å². The molecule has 0 aliphatic carbocycles. The molecule has 0 heterocycles. The van der Waals surface area contributed by atoms with Gasteiger partial charge in [0.05, 0.1) is 5.73 Å². The van der Waals surface area contributed by atoms with Crippen molar-refractivity contribution in [2.45, 2.75) is 52.4 Å². The molecule has 1 aromatic carbocycles. The van der Waals surface area contributed by atoms with Crippen LogP contribution in [0.15, 0.2) is 42.0 Å². The van der Waals surface area contributed by atoms with Gasteiger partial charge < -0.3 is 5.11 Å². The van der Waals surface area contributed by atoms with E-state index in [0.717, 1.165) is 12.8 Å². The molecule has 1 N–H and O–H groups in total. The standard InChI is InChI=1S/C17H28OSi/c1-14(2)10-9-11-15(3)17(18)19(4,5)16-12-7-6-8-13-16/h6-8,10,12-13,15,17-18H,9,11H2,1-5H3. The highest BCUT2D eigenvalue weighted by molar-refractivity contribution is 6.90. The lowest BCUT2D eigenvalue weighted by molar-refractivity contribution is 0.178. The minimum atomic E-state index is -1.79. The SMILES string of the molecule is CC(C)=CCCC(C)C(O)[Si](C)(C)c1ccccc1. The van der Waals surface area contributed by atoms with Crippen molar-refractivity contribution in [2.75, 3.05) is 0 Å². The molecule has 0 bridgehead atoms. The molecule has 106 valence electrons. The van der Waals surface area contributed by atoms with Crippen LogP contribution in [0.5, 0.6) is 0 Å². The summed E-state index contributed by atoms with van der Waals surface area (Å²) in [6.45, 7) is 11.0. The molecule has 0 amide bonds. The highest BCUT2D eigenvalue weighted by Crippen LogP contribution is 2.21. The number of hydrogen-bond donors (Lipinski definition) is 1. The predicted molar refractivity (Wildman–Crippen MR) is 87.4 cm³/mol. The number of hydrogen-bond acceptors (Lipinski definition) is 1. The predicted octanol–water partition coefficient (Wildman–Crippen LogP) is 3.88. The van der Waals surface area contributed by atoms with Gasteiger partial charge in [0.25, 0.3) is 0 Å². The average molecular weight is 276 g/mol. The van der Waals surface area contributed by atoms with Crippen LogP contribution in [-0.4, -0.2) is 18.9 Å². The van der Waals surface area contributed by atoms with Crippen LogP contribution >= 0.6 is 0 Å². The van der Waals surface area contributed by atoms with E-state index in [9.17, 15) is 5.11 Å². The number of aliphatic hydroxyl groups is 1. The van der Waals surface area contributed by atoms with Gasteiger partial charge in [-0.2, -0.15) is 0 Å². The largest absolute Gasteiger partial charge is 0.396 e. The Hall–Kier alpha value is -0.863. The van der Waals surface area contributed by atoms with E-state index in [1.165, 1.54) is 10.8 Å². The number of rotatable bonds is 6. The lowest BCUT2D eigenvalue weighted by atomic mass is 10.1. The summed E-state index contributed by atoms with van der Waals surface area (Å²) in [6, 6.07) is 10.5. The molecule has 2 atom stereocenters. The van der Waals surface area contributed by atoms with Crippen molar-refractivity contribution in [3.8, 4) is 0 Å². The molecular weight excluding hydrogens is 248 g/mol. The maximum atomic E-state index is 10.7. The van der Waals surface area contributed by atoms with E-state index in [2.05, 4.69) is 64.2 Å². The number of allylic oxidation sites excluding steroid dienone is 2. The summed E-state index contributed by atoms with van der Waals surface area (Å²) >= 11 is 0. The fourth-order valence-electron chi connectivity index (χ4n) is 2.54. The summed E-state index contributed by atoms with van der Waals surface area (Å²) in [7, 11) is -1.79. The summed E-state index contributed by atoms with van der Waals surface area (Å²) in [5, 5.41) is 12.0. The van der Waals surface area contributed by atoms with E-state index in [1.54, 1.807) is 0 Å². The van der Waals surface area contributed by atoms with Crippen LogP contribution < -0.4 is 5.19 Å². The Balaban J connectivity index is 2.70. The van der Waals surface area contributed by atoms with Crippen molar-refractivity contribution in [2.24, 2.45) is 5.92 Å². The van der Waals surface area contributed by atoms with Crippen molar-refractivity contribution in [3.05, 3.63) is 42.0 Å². The van der Waals surface area contributed by atoms with Gasteiger partial charge in [-0.1, -0.05) is 67.2 Å². The van der Waals surface area contributed by atoms with Gasteiger partial charge in [-0.15, -0.1) is 0 Å². The van der Waals surface area contributed by atoms with Crippen molar-refractivity contribution >= 4 is 13.3 Å². The van der Waals surface area contributed by atoms with Crippen LogP contribution in [0.3, 0.4) is 0 Å². The third kappa shape index (κ3) is 4.63. The van der Waals surface area contributed by atoms with E-state index >= 15 is 0 Å². The summed E-state index contributed by atoms with van der Waals surface area (Å²) < 4.78 is 0. The van der Waals surface area contributed by atoms with E-state index in [0.29, 0.717) is 5.92 Å². The van der Waals surface area contributed by atoms with Crippen LogP contribution in [0.1, 0.15) is 33.6 Å². The zero-order valence-corrected chi connectivity index (χ0v) is 14.0. The normalized spacial score (nSPS) is 14.8. The first kappa shape index (κ1) is 16.2. The molecule has 19 heavy (non-hydrogen) atoms. The summed E-state index contributed by atoms with van der Waals surface area (Å²) in [5.74, 6) is 0.359. The summed E-state index contributed by atoms with van der Waals surface area (Å²) in [5.41, 5.74) is 1.18. The number of benzene rings is 1. The second-order valence-corrected chi connectivity index (χ2v) is 11.0. The third-order valence-electron chi connectivity index (χ3n) is 3.97. The van der Waals surface area contributed by atoms with Gasteiger partial charge in [-0.25, -0.2) is 0 Å². The summed E-state index contributed by atoms with van der Waals surface area (Å²) in [6.07, 6.45) is 4.40. The molecule has 2 heteroatoms. The van der Waals surface area contributed by atoms with Crippen molar-refractivity contribution in [1.29, 1.82) is 0 Å². The molecule has 0 aliphatic rings. The Kier molecular flexibility index (Phi) is 6.02. The lowest BCUT2D eigenvalue weighted by Crippen LogP contribution is -2.55. The molecular formula is C17H28OSi. The average Bonchev–Trinajstić information content (AvgIpc) is 2.38. The van der Waals surface area contributed by atoms with Gasteiger partial charge in [-0.3, -0.25) is 0 Å². The molecule has 0 saturated heterocycles. The van der Waals surface area contributed by atoms with E-state index in [-0.39, 0.29) is 5.73 Å². The van der Waals surface area contributed by atoms with Gasteiger partial charge in [0.15, 0.2) is 0 Å². The molecule has 2 unspecified atom stereocenters. The van der Waals surface area contributed by atoms with Gasteiger partial charge in [0.2, 0.25) is 0 Å². The molecule has 0 saturated carbocycles. The first-order valence-electron chi connectivity index (χ1n) is 7.22. The monoisotopic (exact) mass is 276 g/mol. The fraction of sp³-hybridized carbons (Fsp3) is 0.529. The van der Waals surface area contributed by atoms with Gasteiger partial charge in [0.1, 0.15) is 8.07 Å². The van der Waals surface area contributed by atoms with Gasteiger partial charge in [0, 0.05) is 0 Å². The lowest BCUT2D eigenvalue weighted by Gasteiger charge is -2.33. The Morgan fingerprint density at radius 1 is 1.21 bits per heavy atom. The van der Waals surface area contributed by atoms with Crippen molar-refractivity contribution < 1.29 is 5.11 Å². The van der Waals surface area contributed by atoms with Crippen LogP contribution in [0, 0.1) is 5.92 Å². The van der Waals surface area contributed by atoms with Crippen LogP contribution in [0.4, 0.5) is 0 Å². The second kappa shape index (κ2) is 7.06. The topological polar surface area (TPSA) is 20.2 Å². The first-order valence-corrected chi connectivity index (χ1v) is 10.3. The second-order valence-electron chi connectivity index (χ2n) is 6.37. The van der Waals surface area contributed by atoms with E-state index in [4.69, 9.17) is 0 Å². The molecule has 0 spiro atoms. The van der Waals surface area contributed by atoms with E-state index < -0.39 is 8.07 Å². The molecule has 0 fully saturated rings. The van der Waals surface area contributed by atoms with Crippen LogP contribution in [-0.2, 0) is 0 Å². The highest BCUT2D eigenvalue weighted by atomic mass is 28.3. The molecule has 1 aromatic rings. The highest BCUT2D eigenvalue weighted by Gasteiger charge is 2.35. The maximum absolute atomic E-state index is 10.7.